The zero-order chi connectivity index (χ0) is 18.6. The molecule has 1 amide bonds. The Balaban J connectivity index is 1.74. The number of hydrogen-bond donors (Lipinski definition) is 1. The van der Waals surface area contributed by atoms with E-state index in [4.69, 9.17) is 0 Å². The monoisotopic (exact) mass is 353 g/mol. The standard InChI is InChI=1S/C22H31N3O/c1-13(2)25(14(3)4)22(26)16-9-18-17-7-6-8-19-21(17)15(11-23-19)10-20(18)24(5)12-16/h6-9,13-16,20,23H,10-12H2,1-5H3/t15?,16-,20-/m1/s1. The van der Waals surface area contributed by atoms with Crippen molar-refractivity contribution in [1.82, 2.24) is 9.80 Å². The highest BCUT2D eigenvalue weighted by molar-refractivity contribution is 5.88. The van der Waals surface area contributed by atoms with Crippen molar-refractivity contribution in [2.24, 2.45) is 5.92 Å². The quantitative estimate of drug-likeness (QED) is 0.902. The Hall–Kier alpha value is -1.81. The molecule has 2 aliphatic heterocycles. The predicted octanol–water partition coefficient (Wildman–Crippen LogP) is 3.56. The van der Waals surface area contributed by atoms with Gasteiger partial charge in [-0.05, 0) is 63.9 Å². The second kappa shape index (κ2) is 6.41. The normalized spacial score (nSPS) is 27.0. The Morgan fingerprint density at radius 1 is 1.23 bits per heavy atom. The minimum absolute atomic E-state index is 0.0576. The van der Waals surface area contributed by atoms with E-state index in [2.05, 4.69) is 69.2 Å². The number of nitrogens with one attached hydrogen (secondary N) is 1. The molecule has 0 aromatic heterocycles. The third-order valence-electron chi connectivity index (χ3n) is 6.31. The van der Waals surface area contributed by atoms with Gasteiger partial charge in [0.25, 0.3) is 0 Å². The molecule has 3 aliphatic rings. The number of carbonyl (C=O) groups is 1. The summed E-state index contributed by atoms with van der Waals surface area (Å²) in [5, 5.41) is 3.57. The molecule has 0 bridgehead atoms. The van der Waals surface area contributed by atoms with Crippen LogP contribution in [0.1, 0.15) is 51.2 Å². The molecule has 1 unspecified atom stereocenters. The summed E-state index contributed by atoms with van der Waals surface area (Å²) in [7, 11) is 2.18. The van der Waals surface area contributed by atoms with Crippen LogP contribution in [0.25, 0.3) is 5.57 Å². The molecular weight excluding hydrogens is 322 g/mol. The third kappa shape index (κ3) is 2.66. The summed E-state index contributed by atoms with van der Waals surface area (Å²) >= 11 is 0. The number of carbonyl (C=O) groups excluding carboxylic acids is 1. The van der Waals surface area contributed by atoms with Crippen LogP contribution in [0.3, 0.4) is 0 Å². The van der Waals surface area contributed by atoms with E-state index in [1.807, 2.05) is 4.90 Å². The molecule has 2 heterocycles. The van der Waals surface area contributed by atoms with E-state index in [0.29, 0.717) is 12.0 Å². The number of fused-ring (bicyclic) bond motifs is 2. The van der Waals surface area contributed by atoms with Crippen molar-refractivity contribution in [3.05, 3.63) is 35.4 Å². The van der Waals surface area contributed by atoms with Crippen LogP contribution in [0.4, 0.5) is 5.69 Å². The maximum absolute atomic E-state index is 13.3. The number of nitrogens with zero attached hydrogens (tertiary/aromatic N) is 2. The molecule has 0 spiro atoms. The molecule has 1 N–H and O–H groups in total. The first-order chi connectivity index (χ1) is 12.4. The summed E-state index contributed by atoms with van der Waals surface area (Å²) in [4.78, 5) is 17.7. The molecule has 1 aliphatic carbocycles. The number of likely N-dealkylation sites (N-methyl/N-ethyl adjacent to an activating group) is 1. The number of anilines is 1. The second-order valence-corrected chi connectivity index (χ2v) is 8.70. The zero-order valence-corrected chi connectivity index (χ0v) is 16.6. The van der Waals surface area contributed by atoms with Gasteiger partial charge < -0.3 is 10.2 Å². The molecule has 0 fully saturated rings. The summed E-state index contributed by atoms with van der Waals surface area (Å²) in [6.07, 6.45) is 3.44. The highest BCUT2D eigenvalue weighted by Crippen LogP contribution is 2.48. The van der Waals surface area contributed by atoms with Crippen molar-refractivity contribution in [2.45, 2.75) is 58.2 Å². The van der Waals surface area contributed by atoms with E-state index < -0.39 is 0 Å². The Morgan fingerprint density at radius 2 is 1.96 bits per heavy atom. The van der Waals surface area contributed by atoms with Crippen LogP contribution >= 0.6 is 0 Å². The number of amides is 1. The summed E-state index contributed by atoms with van der Waals surface area (Å²) < 4.78 is 0. The lowest BCUT2D eigenvalue weighted by atomic mass is 9.74. The van der Waals surface area contributed by atoms with Gasteiger partial charge in [0.2, 0.25) is 5.91 Å². The van der Waals surface area contributed by atoms with Crippen molar-refractivity contribution >= 4 is 17.2 Å². The van der Waals surface area contributed by atoms with E-state index in [1.165, 1.54) is 22.4 Å². The highest BCUT2D eigenvalue weighted by atomic mass is 16.2. The van der Waals surface area contributed by atoms with Gasteiger partial charge in [-0.25, -0.2) is 0 Å². The molecule has 0 radical (unpaired) electrons. The van der Waals surface area contributed by atoms with Crippen molar-refractivity contribution in [2.75, 3.05) is 25.5 Å². The van der Waals surface area contributed by atoms with E-state index in [9.17, 15) is 4.79 Å². The van der Waals surface area contributed by atoms with Crippen molar-refractivity contribution < 1.29 is 4.79 Å². The van der Waals surface area contributed by atoms with Crippen LogP contribution in [0.15, 0.2) is 24.3 Å². The van der Waals surface area contributed by atoms with Crippen molar-refractivity contribution in [3.63, 3.8) is 0 Å². The van der Waals surface area contributed by atoms with Gasteiger partial charge in [0.1, 0.15) is 0 Å². The van der Waals surface area contributed by atoms with Gasteiger partial charge in [-0.1, -0.05) is 18.2 Å². The molecule has 4 heteroatoms. The summed E-state index contributed by atoms with van der Waals surface area (Å²) in [6, 6.07) is 7.47. The van der Waals surface area contributed by atoms with E-state index >= 15 is 0 Å². The Labute approximate surface area is 157 Å². The predicted molar refractivity (Wildman–Crippen MR) is 107 cm³/mol. The van der Waals surface area contributed by atoms with Gasteiger partial charge in [-0.3, -0.25) is 9.69 Å². The first kappa shape index (κ1) is 17.6. The lowest BCUT2D eigenvalue weighted by Gasteiger charge is -2.43. The molecule has 1 aromatic carbocycles. The average molecular weight is 354 g/mol. The van der Waals surface area contributed by atoms with Gasteiger partial charge in [-0.15, -0.1) is 0 Å². The first-order valence-corrected chi connectivity index (χ1v) is 9.99. The Kier molecular flexibility index (Phi) is 4.34. The second-order valence-electron chi connectivity index (χ2n) is 8.70. The highest BCUT2D eigenvalue weighted by Gasteiger charge is 2.41. The lowest BCUT2D eigenvalue weighted by molar-refractivity contribution is -0.138. The van der Waals surface area contributed by atoms with Crippen LogP contribution in [0.2, 0.25) is 0 Å². The summed E-state index contributed by atoms with van der Waals surface area (Å²) in [5.41, 5.74) is 5.48. The van der Waals surface area contributed by atoms with Crippen LogP contribution in [0.5, 0.6) is 0 Å². The van der Waals surface area contributed by atoms with E-state index in [-0.39, 0.29) is 23.9 Å². The number of benzene rings is 1. The molecule has 140 valence electrons. The average Bonchev–Trinajstić information content (AvgIpc) is 2.99. The fraction of sp³-hybridized carbons (Fsp3) is 0.591. The number of hydrogen-bond acceptors (Lipinski definition) is 3. The molecule has 0 saturated carbocycles. The summed E-state index contributed by atoms with van der Waals surface area (Å²) in [6.45, 7) is 10.3. The molecule has 4 rings (SSSR count). The maximum Gasteiger partial charge on any atom is 0.231 e. The van der Waals surface area contributed by atoms with Gasteiger partial charge in [-0.2, -0.15) is 0 Å². The molecular formula is C22H31N3O. The third-order valence-corrected chi connectivity index (χ3v) is 6.31. The van der Waals surface area contributed by atoms with Gasteiger partial charge in [0.05, 0.1) is 5.92 Å². The minimum Gasteiger partial charge on any atom is -0.384 e. The van der Waals surface area contributed by atoms with Crippen molar-refractivity contribution in [3.8, 4) is 0 Å². The zero-order valence-electron chi connectivity index (χ0n) is 16.6. The van der Waals surface area contributed by atoms with Gasteiger partial charge >= 0.3 is 0 Å². The van der Waals surface area contributed by atoms with Crippen molar-refractivity contribution in [1.29, 1.82) is 0 Å². The van der Waals surface area contributed by atoms with Crippen LogP contribution in [0, 0.1) is 5.92 Å². The van der Waals surface area contributed by atoms with Crippen LogP contribution in [-0.4, -0.2) is 54.0 Å². The molecule has 0 saturated heterocycles. The molecule has 1 aromatic rings. The maximum atomic E-state index is 13.3. The summed E-state index contributed by atoms with van der Waals surface area (Å²) in [5.74, 6) is 0.805. The molecule has 3 atom stereocenters. The molecule has 4 nitrogen and oxygen atoms in total. The molecule has 26 heavy (non-hydrogen) atoms. The fourth-order valence-electron chi connectivity index (χ4n) is 5.29. The number of rotatable bonds is 3. The minimum atomic E-state index is -0.0576. The van der Waals surface area contributed by atoms with Gasteiger partial charge in [0, 0.05) is 42.8 Å². The largest absolute Gasteiger partial charge is 0.384 e. The Bertz CT molecular complexity index is 744. The Morgan fingerprint density at radius 3 is 2.65 bits per heavy atom. The van der Waals surface area contributed by atoms with Crippen LogP contribution in [-0.2, 0) is 4.79 Å². The van der Waals surface area contributed by atoms with E-state index in [0.717, 1.165) is 19.5 Å². The fourth-order valence-corrected chi connectivity index (χ4v) is 5.29. The van der Waals surface area contributed by atoms with Gasteiger partial charge in [0.15, 0.2) is 0 Å². The van der Waals surface area contributed by atoms with E-state index in [1.54, 1.807) is 0 Å². The topological polar surface area (TPSA) is 35.6 Å². The first-order valence-electron chi connectivity index (χ1n) is 9.99. The smallest absolute Gasteiger partial charge is 0.231 e. The lowest BCUT2D eigenvalue weighted by Crippen LogP contribution is -2.50. The van der Waals surface area contributed by atoms with Crippen LogP contribution < -0.4 is 5.32 Å². The SMILES string of the molecule is CC(C)N(C(=O)[C@@H]1C=C2c3cccc4c3C(CN4)C[C@H]2N(C)C1)C(C)C.